The Morgan fingerprint density at radius 2 is 0.526 bits per heavy atom. The number of phosphoric acid groups is 3. The molecule has 0 aliphatic carbocycles. The van der Waals surface area contributed by atoms with Crippen LogP contribution in [0.2, 0.25) is 0 Å². The summed E-state index contributed by atoms with van der Waals surface area (Å²) in [6, 6.07) is -0.988. The first kappa shape index (κ1) is 184. The van der Waals surface area contributed by atoms with Crippen molar-refractivity contribution in [3.05, 3.63) is 0 Å². The molecule has 0 radical (unpaired) electrons. The summed E-state index contributed by atoms with van der Waals surface area (Å²) in [5, 5.41) is 83.4. The molecule has 116 heavy (non-hydrogen) atoms. The fraction of sp³-hybridized carbons (Fsp3) is 0.837. The molecule has 52 nitrogen and oxygen atoms in total. The summed E-state index contributed by atoms with van der Waals surface area (Å²) in [6.45, 7) is 14.2. The summed E-state index contributed by atoms with van der Waals surface area (Å²) in [5.74, 6) is -0.867. The standard InChI is InChI=1S/C7H16N2O.C6H14N2O2.3C4H11NO3.3C3H8O3P.3C3H7O3P.3C2H7O4P.3K.3H3N.3Na.3H/c1-6(10)7(9)4-2-3-5-8;7-4-2-1-3-5(8)6(9)10;3*5-4(1-6,2-7)3-8;6*1-3-6-7(2,4)5;3*1-2-6-7(3,4)5;;;;;;;;;;;;/h7H,2-5,8-9H2,1H3;5H,1-4,7-8H2,(H,9,10);3*6-8H,1-3,5H2;3*2-3H2,1H3,(H-,4,5);3*2-3H2,1H3;3*2H2,1H3,(H2,3,4,5);;;;3*1H3;;;;;;/q;;;;;3*-1;3*-2;;;;3*+1;;;;3*+1;3*-1/p-2/t7-;5-;;;;;;;;;;;;;;;;;;;;;;;;/m00......................../s1. The van der Waals surface area contributed by atoms with Crippen molar-refractivity contribution in [2.45, 2.75) is 136 Å². The van der Waals surface area contributed by atoms with Crippen molar-refractivity contribution in [2.24, 2.45) is 40.1 Å². The third-order valence-electron chi connectivity index (χ3n) is 8.45. The normalized spacial score (nSPS) is 12.8. The van der Waals surface area contributed by atoms with Crippen LogP contribution in [0.4, 0.5) is 0 Å². The van der Waals surface area contributed by atoms with Crippen molar-refractivity contribution in [3.63, 3.8) is 0 Å². The van der Waals surface area contributed by atoms with Gasteiger partial charge in [0, 0.05) is 75.6 Å². The van der Waals surface area contributed by atoms with Gasteiger partial charge in [0.15, 0.2) is 0 Å². The summed E-state index contributed by atoms with van der Waals surface area (Å²) in [4.78, 5) is 190. The average Bonchev–Trinajstić information content (AvgIpc) is 0.946. The number of quaternary nitrogens is 3. The van der Waals surface area contributed by atoms with Crippen LogP contribution in [0, 0.1) is 0 Å². The number of aliphatic hydroxyl groups excluding tert-OH is 9. The van der Waals surface area contributed by atoms with Gasteiger partial charge in [0.2, 0.25) is 0 Å². The summed E-state index contributed by atoms with van der Waals surface area (Å²) in [6.07, 6.45) is 21.6. The third-order valence-corrected chi connectivity index (χ3v) is 14.1. The van der Waals surface area contributed by atoms with Crippen LogP contribution >= 0.6 is 68.9 Å². The molecule has 67 heteroatoms. The van der Waals surface area contributed by atoms with E-state index in [2.05, 4.69) is 78.5 Å². The molecule has 40 N–H and O–H groups in total. The Labute approximate surface area is 882 Å². The predicted octanol–water partition coefficient (Wildman–Crippen LogP) is -31.3. The summed E-state index contributed by atoms with van der Waals surface area (Å²) >= 11 is 0. The minimum Gasteiger partial charge on any atom is -1.00 e. The number of carbonyl (C=O) groups excluding carboxylic acids is 1. The van der Waals surface area contributed by atoms with E-state index in [9.17, 15) is 91.8 Å². The minimum atomic E-state index is -4.67. The van der Waals surface area contributed by atoms with Crippen molar-refractivity contribution < 1.29 is 450 Å². The molecule has 0 aromatic heterocycles. The van der Waals surface area contributed by atoms with Crippen molar-refractivity contribution >= 4 is 118 Å². The van der Waals surface area contributed by atoms with Crippen LogP contribution in [0.25, 0.3) is 0 Å². The van der Waals surface area contributed by atoms with Gasteiger partial charge >= 0.3 is 249 Å². The molecule has 696 valence electrons. The quantitative estimate of drug-likeness (QED) is 0.0156. The van der Waals surface area contributed by atoms with E-state index in [1.807, 2.05) is 0 Å². The second-order valence-corrected chi connectivity index (χ2v) is 31.6. The Balaban J connectivity index is -0.0000000324. The van der Waals surface area contributed by atoms with Crippen LogP contribution in [0.1, 0.15) is 112 Å². The molecule has 0 aliphatic rings. The van der Waals surface area contributed by atoms with E-state index < -0.39 is 157 Å². The number of unbranched alkanes of at least 4 members (excludes halogenated alkanes) is 2. The molecule has 0 saturated carbocycles. The van der Waals surface area contributed by atoms with Crippen molar-refractivity contribution in [3.8, 4) is 0 Å². The maximum Gasteiger partial charge on any atom is 1.00 e. The number of aliphatic carboxylic acids is 1. The molecular weight excluding hydrogens is 1870 g/mol. The molecule has 0 aliphatic heterocycles. The maximum absolute atomic E-state index is 10.6. The third kappa shape index (κ3) is 225. The first-order valence-corrected chi connectivity index (χ1v) is 45.2. The Hall–Kier alpha value is 7.70. The van der Waals surface area contributed by atoms with Gasteiger partial charge in [-0.2, -0.15) is 22.7 Å². The Morgan fingerprint density at radius 3 is 0.578 bits per heavy atom. The van der Waals surface area contributed by atoms with Crippen molar-refractivity contribution in [2.75, 3.05) is 132 Å². The zero-order chi connectivity index (χ0) is 89.1. The van der Waals surface area contributed by atoms with Gasteiger partial charge in [-0.25, -0.2) is 0 Å². The molecule has 4 unspecified atom stereocenters. The fourth-order valence-corrected chi connectivity index (χ4v) is 6.82. The fourth-order valence-electron chi connectivity index (χ4n) is 3.47. The van der Waals surface area contributed by atoms with Gasteiger partial charge < -0.3 is 252 Å². The first-order chi connectivity index (χ1) is 48.0. The summed E-state index contributed by atoms with van der Waals surface area (Å²) in [5.41, 5.74) is 33.0. The van der Waals surface area contributed by atoms with Gasteiger partial charge in [0.05, 0.1) is 104 Å². The van der Waals surface area contributed by atoms with Gasteiger partial charge in [-0.3, -0.25) is 14.2 Å². The molecule has 6 atom stereocenters. The number of carboxylic acid groups (broad SMARTS) is 1. The number of aliphatic hydroxyl groups is 9. The molecule has 0 fully saturated rings. The van der Waals surface area contributed by atoms with Gasteiger partial charge in [0.1, 0.15) is 11.8 Å². The number of carboxylic acids is 1. The maximum atomic E-state index is 10.6. The van der Waals surface area contributed by atoms with E-state index in [1.165, 1.54) is 27.7 Å². The number of carbonyl (C=O) groups is 2. The number of ketones is 1. The van der Waals surface area contributed by atoms with Gasteiger partial charge in [-0.15, -0.1) is 18.9 Å². The summed E-state index contributed by atoms with van der Waals surface area (Å²) < 4.78 is 64.7. The zero-order valence-corrected chi connectivity index (χ0v) is 94.5. The molecule has 0 amide bonds. The number of Topliss-reactive ketones (excluding diaryl/α,β-unsaturated/α-hetero) is 1. The van der Waals surface area contributed by atoms with Crippen LogP contribution in [-0.4, -0.2) is 281 Å². The van der Waals surface area contributed by atoms with Gasteiger partial charge in [-0.1, -0.05) is 31.7 Å². The van der Waals surface area contributed by atoms with Crippen LogP contribution < -0.4 is 370 Å². The van der Waals surface area contributed by atoms with E-state index in [-0.39, 0.29) is 337 Å². The molecule has 0 heterocycles. The molecule has 0 aromatic rings. The second-order valence-electron chi connectivity index (χ2n) is 19.1. The van der Waals surface area contributed by atoms with Crippen LogP contribution in [0.5, 0.6) is 0 Å². The predicted molar refractivity (Wildman–Crippen MR) is 406 cm³/mol. The number of hydrogen-bond acceptors (Lipinski definition) is 47. The molecule has 0 spiro atoms. The molecule has 0 rings (SSSR count). The van der Waals surface area contributed by atoms with Crippen LogP contribution in [0.15, 0.2) is 0 Å². The molecule has 0 aromatic carbocycles. The van der Waals surface area contributed by atoms with Crippen LogP contribution in [0.3, 0.4) is 0 Å². The monoisotopic (exact) mass is 2000 g/mol. The van der Waals surface area contributed by atoms with Crippen molar-refractivity contribution in [1.29, 1.82) is 0 Å². The topological polar surface area (TPSA) is 1070 Å². The zero-order valence-electron chi connectivity index (χ0n) is 74.0. The number of hydrogen-bond donors (Lipinski definition) is 24. The molecular formula is C49H139K3N10Na3O42P9-8. The Bertz CT molecular complexity index is 2030. The summed E-state index contributed by atoms with van der Waals surface area (Å²) in [7, 11) is -35.0. The van der Waals surface area contributed by atoms with Gasteiger partial charge in [0.25, 0.3) is 7.82 Å². The van der Waals surface area contributed by atoms with E-state index >= 15 is 0 Å². The van der Waals surface area contributed by atoms with Crippen molar-refractivity contribution in [1.82, 2.24) is 18.5 Å². The number of rotatable bonds is 37. The van der Waals surface area contributed by atoms with E-state index in [0.717, 1.165) is 32.1 Å². The van der Waals surface area contributed by atoms with E-state index in [4.69, 9.17) is 111 Å². The Kier molecular flexibility index (Phi) is 179. The largest absolute Gasteiger partial charge is 1.00 e. The van der Waals surface area contributed by atoms with E-state index in [0.29, 0.717) is 19.5 Å². The number of nitrogens with two attached hydrogens (primary N) is 7. The molecule has 0 bridgehead atoms. The Morgan fingerprint density at radius 1 is 0.362 bits per heavy atom. The van der Waals surface area contributed by atoms with Crippen LogP contribution in [-0.2, 0) is 64.0 Å². The smallest absolute Gasteiger partial charge is 1.00 e. The van der Waals surface area contributed by atoms with E-state index in [1.54, 1.807) is 41.5 Å². The minimum absolute atomic E-state index is 0. The average molecular weight is 2010 g/mol. The molecule has 0 saturated heterocycles. The number of phosphoric ester groups is 3. The van der Waals surface area contributed by atoms with Gasteiger partial charge in [-0.05, 0) is 108 Å². The second kappa shape index (κ2) is 113. The first-order valence-electron chi connectivity index (χ1n) is 30.3. The SMILES string of the molecule is C=P([O-])(O)OCC.C=P([O-])(O)OCC.C=P([O-])(O)OCC.C=P([O-])([O-])OCC.C=P([O-])([O-])OCC.C=P([O-])([O-])OCC.CC(=O)[C@@H](N)CCCCN.CCOP(=O)([O-])O.CCOP(=O)([O-])[O-].CCOP(=O)([O-])[O-].NC(CO)(CO)CO.NC(CO)(CO)CO.NC(CO)(CO)CO.NCCCC[C@H](N)C(=O)O.[H-].[H-].[H-].[K+].[K+].[K+].[NH4+].[NH4+].[NH4+].[Na+].[Na+].[Na+].